The number of aliphatic hydroxyl groups is 1. The molecule has 0 aliphatic rings. The number of nitrogens with one attached hydrogen (secondary N) is 1. The van der Waals surface area contributed by atoms with E-state index >= 15 is 0 Å². The summed E-state index contributed by atoms with van der Waals surface area (Å²) in [6, 6.07) is 0.486. The summed E-state index contributed by atoms with van der Waals surface area (Å²) < 4.78 is 0. The first-order chi connectivity index (χ1) is 8.22. The van der Waals surface area contributed by atoms with Crippen molar-refractivity contribution in [2.24, 2.45) is 5.92 Å². The minimum atomic E-state index is 0.298. The highest BCUT2D eigenvalue weighted by Gasteiger charge is 2.10. The van der Waals surface area contributed by atoms with Crippen LogP contribution in [0.2, 0.25) is 0 Å². The van der Waals surface area contributed by atoms with Gasteiger partial charge in [0.15, 0.2) is 0 Å². The number of rotatable bonds is 12. The van der Waals surface area contributed by atoms with Crippen LogP contribution >= 0.6 is 0 Å². The highest BCUT2D eigenvalue weighted by molar-refractivity contribution is 4.69. The van der Waals surface area contributed by atoms with E-state index in [2.05, 4.69) is 26.1 Å². The van der Waals surface area contributed by atoms with E-state index in [0.29, 0.717) is 18.6 Å². The summed E-state index contributed by atoms with van der Waals surface area (Å²) in [4.78, 5) is 0. The van der Waals surface area contributed by atoms with Gasteiger partial charge in [0.05, 0.1) is 0 Å². The van der Waals surface area contributed by atoms with Crippen LogP contribution in [-0.2, 0) is 0 Å². The largest absolute Gasteiger partial charge is 0.396 e. The first-order valence-corrected chi connectivity index (χ1v) is 7.56. The van der Waals surface area contributed by atoms with Crippen molar-refractivity contribution < 1.29 is 5.11 Å². The Labute approximate surface area is 108 Å². The molecule has 0 aromatic heterocycles. The fraction of sp³-hybridized carbons (Fsp3) is 1.00. The van der Waals surface area contributed by atoms with Crippen LogP contribution in [0.1, 0.15) is 72.1 Å². The van der Waals surface area contributed by atoms with Crippen LogP contribution in [0, 0.1) is 5.92 Å². The molecule has 0 spiro atoms. The Morgan fingerprint density at radius 1 is 0.941 bits per heavy atom. The van der Waals surface area contributed by atoms with Crippen molar-refractivity contribution in [3.63, 3.8) is 0 Å². The van der Waals surface area contributed by atoms with Gasteiger partial charge in [-0.1, -0.05) is 59.3 Å². The van der Waals surface area contributed by atoms with Gasteiger partial charge in [-0.2, -0.15) is 0 Å². The average Bonchev–Trinajstić information content (AvgIpc) is 2.31. The highest BCUT2D eigenvalue weighted by atomic mass is 16.3. The Hall–Kier alpha value is -0.0800. The van der Waals surface area contributed by atoms with Crippen molar-refractivity contribution >= 4 is 0 Å². The van der Waals surface area contributed by atoms with E-state index in [-0.39, 0.29) is 0 Å². The Bertz CT molecular complexity index is 148. The fourth-order valence-corrected chi connectivity index (χ4v) is 2.18. The highest BCUT2D eigenvalue weighted by Crippen LogP contribution is 2.08. The number of hydrogen-bond acceptors (Lipinski definition) is 2. The van der Waals surface area contributed by atoms with Crippen molar-refractivity contribution in [3.05, 3.63) is 0 Å². The molecule has 0 bridgehead atoms. The van der Waals surface area contributed by atoms with E-state index in [0.717, 1.165) is 13.0 Å². The second-order valence-corrected chi connectivity index (χ2v) is 5.44. The molecule has 104 valence electrons. The SMILES string of the molecule is CCCCCCCCCNC(CCO)C(C)C. The van der Waals surface area contributed by atoms with Gasteiger partial charge in [0, 0.05) is 12.6 Å². The summed E-state index contributed by atoms with van der Waals surface area (Å²) in [7, 11) is 0. The first kappa shape index (κ1) is 16.9. The standard InChI is InChI=1S/C15H33NO/c1-4-5-6-7-8-9-10-12-16-15(11-13-17)14(2)3/h14-17H,4-13H2,1-3H3. The molecular weight excluding hydrogens is 210 g/mol. The minimum absolute atomic E-state index is 0.298. The van der Waals surface area contributed by atoms with Crippen LogP contribution in [-0.4, -0.2) is 24.3 Å². The van der Waals surface area contributed by atoms with Crippen LogP contribution in [0.4, 0.5) is 0 Å². The monoisotopic (exact) mass is 243 g/mol. The molecule has 0 saturated heterocycles. The molecule has 0 amide bonds. The Morgan fingerprint density at radius 2 is 1.53 bits per heavy atom. The lowest BCUT2D eigenvalue weighted by atomic mass is 10.0. The van der Waals surface area contributed by atoms with Crippen molar-refractivity contribution in [2.75, 3.05) is 13.2 Å². The molecule has 0 rings (SSSR count). The molecular formula is C15H33NO. The Balaban J connectivity index is 3.30. The van der Waals surface area contributed by atoms with Crippen molar-refractivity contribution in [2.45, 2.75) is 78.2 Å². The lowest BCUT2D eigenvalue weighted by Gasteiger charge is -2.21. The van der Waals surface area contributed by atoms with E-state index in [1.807, 2.05) is 0 Å². The lowest BCUT2D eigenvalue weighted by molar-refractivity contribution is 0.244. The maximum absolute atomic E-state index is 8.97. The third kappa shape index (κ3) is 10.8. The zero-order chi connectivity index (χ0) is 12.9. The number of aliphatic hydroxyl groups excluding tert-OH is 1. The summed E-state index contributed by atoms with van der Waals surface area (Å²) >= 11 is 0. The van der Waals surface area contributed by atoms with Gasteiger partial charge < -0.3 is 10.4 Å². The third-order valence-electron chi connectivity index (χ3n) is 3.43. The van der Waals surface area contributed by atoms with Crippen LogP contribution in [0.3, 0.4) is 0 Å². The van der Waals surface area contributed by atoms with Gasteiger partial charge in [-0.15, -0.1) is 0 Å². The molecule has 2 N–H and O–H groups in total. The van der Waals surface area contributed by atoms with Gasteiger partial charge in [0.1, 0.15) is 0 Å². The normalized spacial score (nSPS) is 13.2. The summed E-state index contributed by atoms with van der Waals surface area (Å²) in [5.74, 6) is 0.617. The van der Waals surface area contributed by atoms with E-state index in [9.17, 15) is 0 Å². The molecule has 0 aromatic rings. The second-order valence-electron chi connectivity index (χ2n) is 5.44. The molecule has 2 nitrogen and oxygen atoms in total. The topological polar surface area (TPSA) is 32.3 Å². The van der Waals surface area contributed by atoms with Crippen LogP contribution in [0.25, 0.3) is 0 Å². The second kappa shape index (κ2) is 12.4. The summed E-state index contributed by atoms with van der Waals surface area (Å²) in [5.41, 5.74) is 0. The molecule has 0 aliphatic heterocycles. The predicted molar refractivity (Wildman–Crippen MR) is 76.3 cm³/mol. The molecule has 0 saturated carbocycles. The molecule has 0 aliphatic carbocycles. The van der Waals surface area contributed by atoms with Crippen LogP contribution < -0.4 is 5.32 Å². The quantitative estimate of drug-likeness (QED) is 0.512. The van der Waals surface area contributed by atoms with Gasteiger partial charge in [-0.05, 0) is 25.3 Å². The molecule has 1 unspecified atom stereocenters. The molecule has 1 atom stereocenters. The molecule has 0 aromatic carbocycles. The number of hydrogen-bond donors (Lipinski definition) is 2. The van der Waals surface area contributed by atoms with Crippen molar-refractivity contribution in [3.8, 4) is 0 Å². The maximum atomic E-state index is 8.97. The average molecular weight is 243 g/mol. The summed E-state index contributed by atoms with van der Waals surface area (Å²) in [5, 5.41) is 12.5. The molecule has 0 heterocycles. The maximum Gasteiger partial charge on any atom is 0.0445 e. The van der Waals surface area contributed by atoms with Gasteiger partial charge in [0.2, 0.25) is 0 Å². The van der Waals surface area contributed by atoms with Gasteiger partial charge in [-0.25, -0.2) is 0 Å². The first-order valence-electron chi connectivity index (χ1n) is 7.56. The van der Waals surface area contributed by atoms with E-state index in [1.54, 1.807) is 0 Å². The summed E-state index contributed by atoms with van der Waals surface area (Å²) in [6.45, 7) is 8.11. The van der Waals surface area contributed by atoms with E-state index < -0.39 is 0 Å². The fourth-order valence-electron chi connectivity index (χ4n) is 2.18. The lowest BCUT2D eigenvalue weighted by Crippen LogP contribution is -2.35. The zero-order valence-corrected chi connectivity index (χ0v) is 12.2. The van der Waals surface area contributed by atoms with Crippen molar-refractivity contribution in [1.29, 1.82) is 0 Å². The minimum Gasteiger partial charge on any atom is -0.396 e. The smallest absolute Gasteiger partial charge is 0.0445 e. The molecule has 0 radical (unpaired) electrons. The van der Waals surface area contributed by atoms with E-state index in [4.69, 9.17) is 5.11 Å². The molecule has 17 heavy (non-hydrogen) atoms. The summed E-state index contributed by atoms with van der Waals surface area (Å²) in [6.07, 6.45) is 10.4. The Morgan fingerprint density at radius 3 is 2.06 bits per heavy atom. The van der Waals surface area contributed by atoms with Gasteiger partial charge >= 0.3 is 0 Å². The Kier molecular flexibility index (Phi) is 12.3. The van der Waals surface area contributed by atoms with Gasteiger partial charge in [0.25, 0.3) is 0 Å². The molecule has 0 fully saturated rings. The zero-order valence-electron chi connectivity index (χ0n) is 12.2. The van der Waals surface area contributed by atoms with Crippen LogP contribution in [0.5, 0.6) is 0 Å². The molecule has 2 heteroatoms. The van der Waals surface area contributed by atoms with Gasteiger partial charge in [-0.3, -0.25) is 0 Å². The predicted octanol–water partition coefficient (Wildman–Crippen LogP) is 3.73. The third-order valence-corrected chi connectivity index (χ3v) is 3.43. The number of unbranched alkanes of at least 4 members (excludes halogenated alkanes) is 6. The van der Waals surface area contributed by atoms with Crippen LogP contribution in [0.15, 0.2) is 0 Å². The van der Waals surface area contributed by atoms with Crippen molar-refractivity contribution in [1.82, 2.24) is 5.32 Å². The van der Waals surface area contributed by atoms with E-state index in [1.165, 1.54) is 44.9 Å².